The van der Waals surface area contributed by atoms with Gasteiger partial charge in [0.15, 0.2) is 11.5 Å². The number of carbonyl (C=O) groups excluding carboxylic acids is 1. The number of halogens is 3. The average Bonchev–Trinajstić information content (AvgIpc) is 3.24. The smallest absolute Gasteiger partial charge is 0.393 e. The monoisotopic (exact) mass is 481 g/mol. The Kier molecular flexibility index (Phi) is 7.59. The van der Waals surface area contributed by atoms with Crippen LogP contribution in [0.5, 0.6) is 0 Å². The lowest BCUT2D eigenvalue weighted by atomic mass is 9.93. The zero-order chi connectivity index (χ0) is 24.3. The van der Waals surface area contributed by atoms with Crippen LogP contribution in [0.15, 0.2) is 28.8 Å². The molecular weight excluding hydrogens is 451 g/mol. The Labute approximate surface area is 196 Å². The molecular formula is C24H30F3N3O4. The van der Waals surface area contributed by atoms with E-state index in [1.807, 2.05) is 7.05 Å². The molecule has 0 spiro atoms. The number of ether oxygens (including phenoxy) is 1. The van der Waals surface area contributed by atoms with Gasteiger partial charge in [-0.2, -0.15) is 13.2 Å². The molecule has 1 aromatic heterocycles. The highest BCUT2D eigenvalue weighted by Crippen LogP contribution is 2.33. The van der Waals surface area contributed by atoms with Crippen molar-refractivity contribution in [2.45, 2.75) is 69.4 Å². The molecule has 1 aliphatic heterocycles. The van der Waals surface area contributed by atoms with Gasteiger partial charge in [0.05, 0.1) is 11.7 Å². The summed E-state index contributed by atoms with van der Waals surface area (Å²) in [4.78, 5) is 15.2. The molecule has 0 bridgehead atoms. The quantitative estimate of drug-likeness (QED) is 0.649. The fourth-order valence-electron chi connectivity index (χ4n) is 4.65. The fraction of sp³-hybridized carbons (Fsp3) is 0.583. The van der Waals surface area contributed by atoms with Gasteiger partial charge in [0, 0.05) is 43.0 Å². The standard InChI is InChI=1S/C24H30F3N3O4/c1-30(18-10-12-33-13-11-18)14-20-21(23(32)28-17-6-8-19(31)9-7-17)29-34-22(20)15-2-4-16(5-3-15)24(25,26)27/h2-5,17-19,31H,6-14H2,1H3,(H,28,32). The number of aliphatic hydroxyl groups is 1. The third-order valence-electron chi connectivity index (χ3n) is 6.73. The molecule has 10 heteroatoms. The van der Waals surface area contributed by atoms with Crippen molar-refractivity contribution in [3.8, 4) is 11.3 Å². The summed E-state index contributed by atoms with van der Waals surface area (Å²) in [5, 5.41) is 16.7. The van der Waals surface area contributed by atoms with Gasteiger partial charge in [0.25, 0.3) is 5.91 Å². The first-order valence-corrected chi connectivity index (χ1v) is 11.7. The van der Waals surface area contributed by atoms with Gasteiger partial charge >= 0.3 is 6.18 Å². The van der Waals surface area contributed by atoms with Crippen LogP contribution in [0.2, 0.25) is 0 Å². The Morgan fingerprint density at radius 3 is 2.38 bits per heavy atom. The molecule has 2 aromatic rings. The van der Waals surface area contributed by atoms with Crippen molar-refractivity contribution in [2.75, 3.05) is 20.3 Å². The minimum Gasteiger partial charge on any atom is -0.393 e. The number of benzene rings is 1. The van der Waals surface area contributed by atoms with Crippen molar-refractivity contribution in [3.05, 3.63) is 41.1 Å². The molecule has 0 radical (unpaired) electrons. The van der Waals surface area contributed by atoms with Crippen LogP contribution in [0, 0.1) is 0 Å². The lowest BCUT2D eigenvalue weighted by Crippen LogP contribution is -2.40. The van der Waals surface area contributed by atoms with E-state index in [0.717, 1.165) is 25.0 Å². The molecule has 0 atom stereocenters. The molecule has 1 aromatic carbocycles. The first-order valence-electron chi connectivity index (χ1n) is 11.7. The molecule has 7 nitrogen and oxygen atoms in total. The number of hydrogen-bond acceptors (Lipinski definition) is 6. The Morgan fingerprint density at radius 1 is 1.12 bits per heavy atom. The first-order chi connectivity index (χ1) is 16.2. The van der Waals surface area contributed by atoms with E-state index in [-0.39, 0.29) is 35.5 Å². The molecule has 1 amide bonds. The average molecular weight is 482 g/mol. The highest BCUT2D eigenvalue weighted by atomic mass is 19.4. The summed E-state index contributed by atoms with van der Waals surface area (Å²) in [5.41, 5.74) is 0.354. The molecule has 2 heterocycles. The third-order valence-corrected chi connectivity index (χ3v) is 6.73. The van der Waals surface area contributed by atoms with Gasteiger partial charge in [-0.05, 0) is 57.7 Å². The second-order valence-electron chi connectivity index (χ2n) is 9.15. The van der Waals surface area contributed by atoms with Crippen LogP contribution in [-0.4, -0.2) is 59.5 Å². The zero-order valence-electron chi connectivity index (χ0n) is 19.1. The minimum atomic E-state index is -4.44. The Balaban J connectivity index is 1.60. The van der Waals surface area contributed by atoms with E-state index in [1.165, 1.54) is 12.1 Å². The number of aliphatic hydroxyl groups excluding tert-OH is 1. The van der Waals surface area contributed by atoms with E-state index in [0.29, 0.717) is 56.6 Å². The van der Waals surface area contributed by atoms with Crippen molar-refractivity contribution in [3.63, 3.8) is 0 Å². The maximum Gasteiger partial charge on any atom is 0.416 e. The Bertz CT molecular complexity index is 963. The molecule has 2 fully saturated rings. The van der Waals surface area contributed by atoms with Crippen molar-refractivity contribution in [1.82, 2.24) is 15.4 Å². The van der Waals surface area contributed by atoms with Gasteiger partial charge in [-0.25, -0.2) is 0 Å². The Hall–Kier alpha value is -2.43. The van der Waals surface area contributed by atoms with Crippen LogP contribution in [0.1, 0.15) is 60.1 Å². The molecule has 2 aliphatic rings. The molecule has 1 saturated carbocycles. The number of alkyl halides is 3. The van der Waals surface area contributed by atoms with Crippen molar-refractivity contribution in [2.24, 2.45) is 0 Å². The Morgan fingerprint density at radius 2 is 1.76 bits per heavy atom. The number of amides is 1. The molecule has 0 unspecified atom stereocenters. The summed E-state index contributed by atoms with van der Waals surface area (Å²) in [6.07, 6.45) is -0.478. The second kappa shape index (κ2) is 10.5. The number of nitrogens with one attached hydrogen (secondary N) is 1. The lowest BCUT2D eigenvalue weighted by molar-refractivity contribution is -0.137. The van der Waals surface area contributed by atoms with Crippen LogP contribution in [-0.2, 0) is 17.5 Å². The lowest BCUT2D eigenvalue weighted by Gasteiger charge is -2.31. The van der Waals surface area contributed by atoms with Crippen LogP contribution >= 0.6 is 0 Å². The molecule has 1 aliphatic carbocycles. The van der Waals surface area contributed by atoms with Gasteiger partial charge in [-0.1, -0.05) is 17.3 Å². The fourth-order valence-corrected chi connectivity index (χ4v) is 4.65. The van der Waals surface area contributed by atoms with Crippen molar-refractivity contribution in [1.29, 1.82) is 0 Å². The molecule has 4 rings (SSSR count). The molecule has 186 valence electrons. The minimum absolute atomic E-state index is 0.0665. The molecule has 34 heavy (non-hydrogen) atoms. The van der Waals surface area contributed by atoms with E-state index < -0.39 is 11.7 Å². The molecule has 2 N–H and O–H groups in total. The zero-order valence-corrected chi connectivity index (χ0v) is 19.1. The third kappa shape index (κ3) is 5.79. The van der Waals surface area contributed by atoms with Crippen LogP contribution < -0.4 is 5.32 Å². The van der Waals surface area contributed by atoms with Crippen LogP contribution in [0.3, 0.4) is 0 Å². The predicted octanol–water partition coefficient (Wildman–Crippen LogP) is 4.00. The maximum atomic E-state index is 13.1. The summed E-state index contributed by atoms with van der Waals surface area (Å²) in [7, 11) is 1.95. The normalized spacial score (nSPS) is 22.2. The van der Waals surface area contributed by atoms with Crippen molar-refractivity contribution >= 4 is 5.91 Å². The van der Waals surface area contributed by atoms with Gasteiger partial charge in [0.1, 0.15) is 0 Å². The highest BCUT2D eigenvalue weighted by Gasteiger charge is 2.32. The predicted molar refractivity (Wildman–Crippen MR) is 118 cm³/mol. The van der Waals surface area contributed by atoms with E-state index in [2.05, 4.69) is 15.4 Å². The van der Waals surface area contributed by atoms with Gasteiger partial charge in [-0.3, -0.25) is 9.69 Å². The molecule has 1 saturated heterocycles. The van der Waals surface area contributed by atoms with Crippen LogP contribution in [0.4, 0.5) is 13.2 Å². The number of carbonyl (C=O) groups is 1. The summed E-state index contributed by atoms with van der Waals surface area (Å²) >= 11 is 0. The summed E-state index contributed by atoms with van der Waals surface area (Å²) in [6, 6.07) is 4.85. The van der Waals surface area contributed by atoms with E-state index >= 15 is 0 Å². The maximum absolute atomic E-state index is 13.1. The number of rotatable bonds is 6. The summed E-state index contributed by atoms with van der Waals surface area (Å²) in [5.74, 6) is -0.0875. The van der Waals surface area contributed by atoms with E-state index in [1.54, 1.807) is 0 Å². The second-order valence-corrected chi connectivity index (χ2v) is 9.15. The van der Waals surface area contributed by atoms with E-state index in [4.69, 9.17) is 9.26 Å². The summed E-state index contributed by atoms with van der Waals surface area (Å²) < 4.78 is 50.0. The SMILES string of the molecule is CN(Cc1c(C(=O)NC2CCC(O)CC2)noc1-c1ccc(C(F)(F)F)cc1)C1CCOCC1. The van der Waals surface area contributed by atoms with Crippen LogP contribution in [0.25, 0.3) is 11.3 Å². The van der Waals surface area contributed by atoms with Crippen molar-refractivity contribution < 1.29 is 32.3 Å². The number of aromatic nitrogens is 1. The number of hydrogen-bond donors (Lipinski definition) is 2. The largest absolute Gasteiger partial charge is 0.416 e. The topological polar surface area (TPSA) is 87.8 Å². The first kappa shape index (κ1) is 24.7. The number of nitrogens with zero attached hydrogens (tertiary/aromatic N) is 2. The van der Waals surface area contributed by atoms with E-state index in [9.17, 15) is 23.1 Å². The van der Waals surface area contributed by atoms with Gasteiger partial charge in [-0.15, -0.1) is 0 Å². The summed E-state index contributed by atoms with van der Waals surface area (Å²) in [6.45, 7) is 1.67. The highest BCUT2D eigenvalue weighted by molar-refractivity contribution is 5.95. The van der Waals surface area contributed by atoms with Gasteiger partial charge in [0.2, 0.25) is 0 Å². The van der Waals surface area contributed by atoms with Gasteiger partial charge < -0.3 is 19.7 Å².